The van der Waals surface area contributed by atoms with E-state index in [9.17, 15) is 14.9 Å². The number of carbonyl (C=O) groups excluding carboxylic acids is 1. The number of piperazine rings is 1. The number of fused-ring (bicyclic) bond motifs is 1. The van der Waals surface area contributed by atoms with Gasteiger partial charge in [-0.15, -0.1) is 0 Å². The zero-order valence-electron chi connectivity index (χ0n) is 16.8. The minimum atomic E-state index is -0.449. The molecule has 1 amide bonds. The molecule has 156 valence electrons. The van der Waals surface area contributed by atoms with Gasteiger partial charge in [0.05, 0.1) is 23.1 Å². The summed E-state index contributed by atoms with van der Waals surface area (Å²) in [5.41, 5.74) is 2.05. The van der Waals surface area contributed by atoms with Gasteiger partial charge in [0.15, 0.2) is 5.65 Å². The Hall–Kier alpha value is -3.60. The first-order valence-electron chi connectivity index (χ1n) is 9.57. The van der Waals surface area contributed by atoms with Gasteiger partial charge in [-0.2, -0.15) is 5.10 Å². The van der Waals surface area contributed by atoms with Crippen LogP contribution >= 0.6 is 0 Å². The number of amides is 1. The third-order valence-corrected chi connectivity index (χ3v) is 5.24. The molecule has 30 heavy (non-hydrogen) atoms. The van der Waals surface area contributed by atoms with E-state index in [-0.39, 0.29) is 18.1 Å². The molecule has 0 spiro atoms. The molecule has 0 atom stereocenters. The van der Waals surface area contributed by atoms with Crippen LogP contribution in [-0.4, -0.2) is 68.2 Å². The van der Waals surface area contributed by atoms with Gasteiger partial charge in [-0.1, -0.05) is 0 Å². The van der Waals surface area contributed by atoms with E-state index in [2.05, 4.69) is 30.2 Å². The monoisotopic (exact) mass is 410 g/mol. The number of hydrogen-bond donors (Lipinski definition) is 1. The molecule has 0 bridgehead atoms. The zero-order valence-corrected chi connectivity index (χ0v) is 16.8. The van der Waals surface area contributed by atoms with E-state index >= 15 is 0 Å². The van der Waals surface area contributed by atoms with Gasteiger partial charge >= 0.3 is 0 Å². The minimum absolute atomic E-state index is 0.00839. The van der Waals surface area contributed by atoms with E-state index < -0.39 is 4.92 Å². The lowest BCUT2D eigenvalue weighted by Gasteiger charge is -2.35. The largest absolute Gasteiger partial charge is 0.353 e. The van der Waals surface area contributed by atoms with Gasteiger partial charge in [-0.25, -0.2) is 9.97 Å². The standard InChI is InChI=1S/C19H22N8O3/c1-13-9-14(27(29)30)3-4-16(13)23-17(28)11-25-5-7-26(8-6-25)19-15-10-22-24(2)18(15)20-12-21-19/h3-4,9-10,12H,5-8,11H2,1-2H3,(H,23,28). The van der Waals surface area contributed by atoms with Crippen molar-refractivity contribution in [2.45, 2.75) is 6.92 Å². The molecule has 1 aliphatic heterocycles. The summed E-state index contributed by atoms with van der Waals surface area (Å²) >= 11 is 0. The van der Waals surface area contributed by atoms with Crippen molar-refractivity contribution in [3.8, 4) is 0 Å². The molecular weight excluding hydrogens is 388 g/mol. The summed E-state index contributed by atoms with van der Waals surface area (Å²) in [5, 5.41) is 18.9. The molecule has 3 heterocycles. The Morgan fingerprint density at radius 3 is 2.70 bits per heavy atom. The number of anilines is 2. The van der Waals surface area contributed by atoms with Gasteiger partial charge in [0.2, 0.25) is 5.91 Å². The van der Waals surface area contributed by atoms with Crippen LogP contribution in [0.3, 0.4) is 0 Å². The van der Waals surface area contributed by atoms with Crippen LogP contribution in [0, 0.1) is 17.0 Å². The quantitative estimate of drug-likeness (QED) is 0.494. The number of benzene rings is 1. The predicted molar refractivity (Wildman–Crippen MR) is 111 cm³/mol. The maximum Gasteiger partial charge on any atom is 0.269 e. The smallest absolute Gasteiger partial charge is 0.269 e. The second-order valence-electron chi connectivity index (χ2n) is 7.27. The van der Waals surface area contributed by atoms with Gasteiger partial charge in [0.1, 0.15) is 12.1 Å². The predicted octanol–water partition coefficient (Wildman–Crippen LogP) is 1.34. The maximum absolute atomic E-state index is 12.4. The third-order valence-electron chi connectivity index (χ3n) is 5.24. The number of nitro groups is 1. The fourth-order valence-electron chi connectivity index (χ4n) is 3.61. The van der Waals surface area contributed by atoms with Crippen molar-refractivity contribution in [1.82, 2.24) is 24.6 Å². The number of aryl methyl sites for hydroxylation is 2. The lowest BCUT2D eigenvalue weighted by Crippen LogP contribution is -2.49. The van der Waals surface area contributed by atoms with E-state index in [0.29, 0.717) is 11.3 Å². The molecule has 2 aromatic heterocycles. The van der Waals surface area contributed by atoms with Crippen LogP contribution in [0.2, 0.25) is 0 Å². The molecule has 11 nitrogen and oxygen atoms in total. The van der Waals surface area contributed by atoms with Crippen molar-refractivity contribution in [2.75, 3.05) is 42.9 Å². The molecule has 1 saturated heterocycles. The van der Waals surface area contributed by atoms with Crippen LogP contribution in [0.1, 0.15) is 5.56 Å². The summed E-state index contributed by atoms with van der Waals surface area (Å²) in [4.78, 5) is 35.8. The van der Waals surface area contributed by atoms with Crippen LogP contribution in [0.15, 0.2) is 30.7 Å². The van der Waals surface area contributed by atoms with Crippen LogP contribution in [0.5, 0.6) is 0 Å². The van der Waals surface area contributed by atoms with Crippen LogP contribution in [0.25, 0.3) is 11.0 Å². The van der Waals surface area contributed by atoms with Crippen LogP contribution in [-0.2, 0) is 11.8 Å². The lowest BCUT2D eigenvalue weighted by atomic mass is 10.2. The summed E-state index contributed by atoms with van der Waals surface area (Å²) in [6.07, 6.45) is 3.32. The Morgan fingerprint density at radius 2 is 2.00 bits per heavy atom. The average Bonchev–Trinajstić information content (AvgIpc) is 3.11. The highest BCUT2D eigenvalue weighted by Crippen LogP contribution is 2.23. The number of non-ortho nitro benzene ring substituents is 1. The number of nitro benzene ring substituents is 1. The molecule has 0 radical (unpaired) electrons. The van der Waals surface area contributed by atoms with Crippen molar-refractivity contribution in [3.63, 3.8) is 0 Å². The Kier molecular flexibility index (Phi) is 5.27. The SMILES string of the molecule is Cc1cc([N+](=O)[O-])ccc1NC(=O)CN1CCN(c2ncnc3c2cnn3C)CC1. The first-order valence-corrected chi connectivity index (χ1v) is 9.57. The topological polar surface area (TPSA) is 122 Å². The third kappa shape index (κ3) is 3.92. The summed E-state index contributed by atoms with van der Waals surface area (Å²) in [5.74, 6) is 0.718. The van der Waals surface area contributed by atoms with E-state index in [0.717, 1.165) is 43.0 Å². The fraction of sp³-hybridized carbons (Fsp3) is 0.368. The molecule has 4 rings (SSSR count). The second kappa shape index (κ2) is 8.03. The maximum atomic E-state index is 12.4. The highest BCUT2D eigenvalue weighted by Gasteiger charge is 2.22. The Morgan fingerprint density at radius 1 is 1.23 bits per heavy atom. The average molecular weight is 410 g/mol. The van der Waals surface area contributed by atoms with E-state index in [1.54, 1.807) is 30.2 Å². The Bertz CT molecular complexity index is 1100. The zero-order chi connectivity index (χ0) is 21.3. The molecule has 0 saturated carbocycles. The number of aromatic nitrogens is 4. The van der Waals surface area contributed by atoms with Crippen molar-refractivity contribution < 1.29 is 9.72 Å². The number of hydrogen-bond acceptors (Lipinski definition) is 8. The Balaban J connectivity index is 1.34. The molecule has 1 N–H and O–H groups in total. The molecule has 0 unspecified atom stereocenters. The first kappa shape index (κ1) is 19.7. The van der Waals surface area contributed by atoms with E-state index in [1.165, 1.54) is 12.1 Å². The highest BCUT2D eigenvalue weighted by molar-refractivity contribution is 5.93. The summed E-state index contributed by atoms with van der Waals surface area (Å²) in [6, 6.07) is 4.41. The summed E-state index contributed by atoms with van der Waals surface area (Å²) in [6.45, 7) is 4.92. The summed E-state index contributed by atoms with van der Waals surface area (Å²) in [7, 11) is 1.85. The number of rotatable bonds is 5. The van der Waals surface area contributed by atoms with Gasteiger partial charge < -0.3 is 10.2 Å². The molecule has 11 heteroatoms. The van der Waals surface area contributed by atoms with Crippen molar-refractivity contribution in [2.24, 2.45) is 7.05 Å². The lowest BCUT2D eigenvalue weighted by molar-refractivity contribution is -0.384. The molecule has 3 aromatic rings. The van der Waals surface area contributed by atoms with Crippen molar-refractivity contribution in [3.05, 3.63) is 46.4 Å². The number of nitrogens with zero attached hydrogens (tertiary/aromatic N) is 7. The number of nitrogens with one attached hydrogen (secondary N) is 1. The normalized spacial score (nSPS) is 14.8. The first-order chi connectivity index (χ1) is 14.4. The summed E-state index contributed by atoms with van der Waals surface area (Å²) < 4.78 is 1.72. The van der Waals surface area contributed by atoms with Crippen molar-refractivity contribution >= 4 is 34.1 Å². The second-order valence-corrected chi connectivity index (χ2v) is 7.27. The van der Waals surface area contributed by atoms with Gasteiger partial charge in [0, 0.05) is 51.0 Å². The van der Waals surface area contributed by atoms with Gasteiger partial charge in [-0.3, -0.25) is 24.5 Å². The van der Waals surface area contributed by atoms with Gasteiger partial charge in [-0.05, 0) is 18.6 Å². The molecule has 1 aromatic carbocycles. The van der Waals surface area contributed by atoms with Crippen LogP contribution < -0.4 is 10.2 Å². The van der Waals surface area contributed by atoms with Crippen LogP contribution in [0.4, 0.5) is 17.2 Å². The molecular formula is C19H22N8O3. The highest BCUT2D eigenvalue weighted by atomic mass is 16.6. The fourth-order valence-corrected chi connectivity index (χ4v) is 3.61. The van der Waals surface area contributed by atoms with E-state index in [4.69, 9.17) is 0 Å². The minimum Gasteiger partial charge on any atom is -0.353 e. The molecule has 0 aliphatic carbocycles. The van der Waals surface area contributed by atoms with E-state index in [1.807, 2.05) is 7.05 Å². The molecule has 1 aliphatic rings. The molecule has 1 fully saturated rings. The Labute approximate surface area is 172 Å². The number of carbonyl (C=O) groups is 1. The van der Waals surface area contributed by atoms with Crippen molar-refractivity contribution in [1.29, 1.82) is 0 Å². The van der Waals surface area contributed by atoms with Gasteiger partial charge in [0.25, 0.3) is 5.69 Å².